The first-order chi connectivity index (χ1) is 19.0. The Morgan fingerprint density at radius 1 is 0.950 bits per heavy atom. The number of carbonyl (C=O) groups is 2. The Morgan fingerprint density at radius 2 is 1.62 bits per heavy atom. The van der Waals surface area contributed by atoms with E-state index in [2.05, 4.69) is 43.3 Å². The van der Waals surface area contributed by atoms with Crippen molar-refractivity contribution >= 4 is 54.7 Å². The molecular formula is C32H37ClN3O3Si. The Morgan fingerprint density at radius 3 is 2.27 bits per heavy atom. The van der Waals surface area contributed by atoms with Crippen molar-refractivity contribution in [2.75, 3.05) is 10.6 Å². The molecule has 1 heterocycles. The first-order valence-corrected chi connectivity index (χ1v) is 16.4. The van der Waals surface area contributed by atoms with Crippen molar-refractivity contribution in [3.8, 4) is 5.75 Å². The van der Waals surface area contributed by atoms with E-state index in [1.165, 1.54) is 0 Å². The molecule has 0 aliphatic carbocycles. The van der Waals surface area contributed by atoms with Crippen molar-refractivity contribution in [3.05, 3.63) is 88.1 Å². The monoisotopic (exact) mass is 574 g/mol. The Hall–Kier alpha value is -3.55. The highest BCUT2D eigenvalue weighted by Gasteiger charge is 2.22. The minimum absolute atomic E-state index is 0.0177. The molecule has 209 valence electrons. The third-order valence-corrected chi connectivity index (χ3v) is 7.66. The number of H-pyrrole nitrogens is 1. The highest BCUT2D eigenvalue weighted by atomic mass is 35.5. The van der Waals surface area contributed by atoms with Crippen LogP contribution in [0.15, 0.2) is 60.8 Å². The molecule has 0 fully saturated rings. The number of rotatable bonds is 9. The van der Waals surface area contributed by atoms with Gasteiger partial charge in [-0.2, -0.15) is 0 Å². The van der Waals surface area contributed by atoms with E-state index in [-0.39, 0.29) is 17.2 Å². The molecule has 4 aromatic rings. The van der Waals surface area contributed by atoms with Gasteiger partial charge in [0.1, 0.15) is 11.4 Å². The Kier molecular flexibility index (Phi) is 9.06. The van der Waals surface area contributed by atoms with Gasteiger partial charge in [-0.15, -0.1) is 0 Å². The van der Waals surface area contributed by atoms with Gasteiger partial charge in [0, 0.05) is 28.2 Å². The first-order valence-electron chi connectivity index (χ1n) is 13.6. The fourth-order valence-corrected chi connectivity index (χ4v) is 5.33. The summed E-state index contributed by atoms with van der Waals surface area (Å²) in [6.45, 7) is 12.7. The van der Waals surface area contributed by atoms with Gasteiger partial charge in [-0.1, -0.05) is 70.0 Å². The molecule has 0 spiro atoms. The average Bonchev–Trinajstić information content (AvgIpc) is 3.29. The summed E-state index contributed by atoms with van der Waals surface area (Å²) in [5.41, 5.74) is 4.86. The van der Waals surface area contributed by atoms with Crippen molar-refractivity contribution in [2.24, 2.45) is 0 Å². The molecule has 6 nitrogen and oxygen atoms in total. The SMILES string of the molecule is CCCCc1ccc(NC(=O)c2ccc3c(Cl)c[nH]c3c2)c(NC(=O)c2ccc(C(C)(C)C)cc2)c1O[Si](C)C. The van der Waals surface area contributed by atoms with Crippen LogP contribution < -0.4 is 15.1 Å². The number of halogens is 1. The standard InChI is InChI=1S/C32H37ClN3O3Si/c1-7-8-9-20-13-17-26(35-31(38)22-12-16-24-25(33)19-34-27(24)18-22)28(29(20)39-40(5)6)36-30(37)21-10-14-23(15-11-21)32(2,3)4/h10-19,34H,7-9H2,1-6H3,(H,35,38)(H,36,37). The van der Waals surface area contributed by atoms with Crippen molar-refractivity contribution in [1.29, 1.82) is 0 Å². The highest BCUT2D eigenvalue weighted by Crippen LogP contribution is 2.38. The molecule has 8 heteroatoms. The third-order valence-electron chi connectivity index (χ3n) is 6.74. The van der Waals surface area contributed by atoms with Gasteiger partial charge in [0.2, 0.25) is 0 Å². The molecule has 4 rings (SSSR count). The number of nitrogens with one attached hydrogen (secondary N) is 3. The van der Waals surface area contributed by atoms with Gasteiger partial charge in [-0.3, -0.25) is 9.59 Å². The number of carbonyl (C=O) groups excluding carboxylic acids is 2. The summed E-state index contributed by atoms with van der Waals surface area (Å²) in [6.07, 6.45) is 4.52. The zero-order valence-electron chi connectivity index (χ0n) is 24.0. The summed E-state index contributed by atoms with van der Waals surface area (Å²) in [4.78, 5) is 30.0. The van der Waals surface area contributed by atoms with E-state index in [0.717, 1.165) is 41.3 Å². The molecule has 0 saturated carbocycles. The van der Waals surface area contributed by atoms with E-state index in [1.54, 1.807) is 18.3 Å². The van der Waals surface area contributed by atoms with Crippen molar-refractivity contribution in [1.82, 2.24) is 4.98 Å². The third kappa shape index (κ3) is 6.77. The fourth-order valence-electron chi connectivity index (χ4n) is 4.47. The van der Waals surface area contributed by atoms with Crippen LogP contribution in [0.25, 0.3) is 10.9 Å². The second-order valence-corrected chi connectivity index (χ2v) is 13.7. The lowest BCUT2D eigenvalue weighted by atomic mass is 9.86. The van der Waals surface area contributed by atoms with Crippen LogP contribution in [-0.4, -0.2) is 25.8 Å². The lowest BCUT2D eigenvalue weighted by Gasteiger charge is -2.22. The van der Waals surface area contributed by atoms with Crippen LogP contribution in [0.4, 0.5) is 11.4 Å². The fraction of sp³-hybridized carbons (Fsp3) is 0.312. The molecule has 0 bridgehead atoms. The van der Waals surface area contributed by atoms with Crippen LogP contribution in [0, 0.1) is 0 Å². The predicted molar refractivity (Wildman–Crippen MR) is 168 cm³/mol. The van der Waals surface area contributed by atoms with E-state index < -0.39 is 9.04 Å². The summed E-state index contributed by atoms with van der Waals surface area (Å²) < 4.78 is 6.38. The molecule has 0 atom stereocenters. The topological polar surface area (TPSA) is 83.2 Å². The number of aromatic amines is 1. The van der Waals surface area contributed by atoms with Crippen LogP contribution >= 0.6 is 11.6 Å². The van der Waals surface area contributed by atoms with Gasteiger partial charge >= 0.3 is 0 Å². The summed E-state index contributed by atoms with van der Waals surface area (Å²) in [7, 11) is -1.18. The van der Waals surface area contributed by atoms with E-state index in [0.29, 0.717) is 33.3 Å². The molecular weight excluding hydrogens is 538 g/mol. The van der Waals surface area contributed by atoms with Crippen molar-refractivity contribution in [3.63, 3.8) is 0 Å². The smallest absolute Gasteiger partial charge is 0.274 e. The van der Waals surface area contributed by atoms with Gasteiger partial charge < -0.3 is 20.0 Å². The Labute approximate surface area is 243 Å². The van der Waals surface area contributed by atoms with Gasteiger partial charge in [-0.25, -0.2) is 0 Å². The van der Waals surface area contributed by atoms with Gasteiger partial charge in [0.15, 0.2) is 0 Å². The van der Waals surface area contributed by atoms with E-state index in [4.69, 9.17) is 16.0 Å². The molecule has 3 N–H and O–H groups in total. The second kappa shape index (κ2) is 12.3. The molecule has 0 unspecified atom stereocenters. The molecule has 0 aliphatic heterocycles. The molecule has 40 heavy (non-hydrogen) atoms. The molecule has 3 aromatic carbocycles. The molecule has 2 amide bonds. The maximum Gasteiger partial charge on any atom is 0.274 e. The zero-order chi connectivity index (χ0) is 29.0. The number of hydrogen-bond acceptors (Lipinski definition) is 3. The number of anilines is 2. The van der Waals surface area contributed by atoms with E-state index in [9.17, 15) is 9.59 Å². The largest absolute Gasteiger partial charge is 0.541 e. The number of aromatic nitrogens is 1. The van der Waals surface area contributed by atoms with E-state index in [1.807, 2.05) is 55.6 Å². The lowest BCUT2D eigenvalue weighted by molar-refractivity contribution is 0.101. The number of unbranched alkanes of at least 4 members (excludes halogenated alkanes) is 1. The van der Waals surface area contributed by atoms with Crippen LogP contribution in [0.1, 0.15) is 72.4 Å². The number of hydrogen-bond donors (Lipinski definition) is 3. The number of amides is 2. The molecule has 0 aliphatic rings. The summed E-state index contributed by atoms with van der Waals surface area (Å²) in [6, 6.07) is 16.8. The minimum Gasteiger partial charge on any atom is -0.541 e. The normalized spacial score (nSPS) is 11.6. The Balaban J connectivity index is 1.72. The van der Waals surface area contributed by atoms with Crippen LogP contribution in [-0.2, 0) is 11.8 Å². The number of fused-ring (bicyclic) bond motifs is 1. The molecule has 1 aromatic heterocycles. The summed E-state index contributed by atoms with van der Waals surface area (Å²) in [5, 5.41) is 7.54. The van der Waals surface area contributed by atoms with E-state index >= 15 is 0 Å². The maximum absolute atomic E-state index is 13.5. The van der Waals surface area contributed by atoms with Crippen LogP contribution in [0.5, 0.6) is 5.75 Å². The minimum atomic E-state index is -1.18. The van der Waals surface area contributed by atoms with Gasteiger partial charge in [-0.05, 0) is 72.8 Å². The predicted octanol–water partition coefficient (Wildman–Crippen LogP) is 8.60. The zero-order valence-corrected chi connectivity index (χ0v) is 25.8. The molecule has 1 radical (unpaired) electrons. The summed E-state index contributed by atoms with van der Waals surface area (Å²) in [5.74, 6) is 0.0525. The van der Waals surface area contributed by atoms with Gasteiger partial charge in [0.05, 0.1) is 10.7 Å². The quantitative estimate of drug-likeness (QED) is 0.175. The second-order valence-electron chi connectivity index (χ2n) is 11.2. The molecule has 0 saturated heterocycles. The Bertz CT molecular complexity index is 1520. The maximum atomic E-state index is 13.5. The van der Waals surface area contributed by atoms with Gasteiger partial charge in [0.25, 0.3) is 20.9 Å². The summed E-state index contributed by atoms with van der Waals surface area (Å²) >= 11 is 6.21. The number of aryl methyl sites for hydroxylation is 1. The van der Waals surface area contributed by atoms with Crippen molar-refractivity contribution in [2.45, 2.75) is 65.5 Å². The first kappa shape index (κ1) is 29.4. The van der Waals surface area contributed by atoms with Crippen LogP contribution in [0.3, 0.4) is 0 Å². The number of benzene rings is 3. The average molecular weight is 575 g/mol. The van der Waals surface area contributed by atoms with Crippen molar-refractivity contribution < 1.29 is 14.0 Å². The van der Waals surface area contributed by atoms with Crippen LogP contribution in [0.2, 0.25) is 18.1 Å². The lowest BCUT2D eigenvalue weighted by Crippen LogP contribution is -2.21. The highest BCUT2D eigenvalue weighted by molar-refractivity contribution is 6.49.